The normalized spacial score (nSPS) is 9.92. The molecule has 0 radical (unpaired) electrons. The Balaban J connectivity index is 1.87. The van der Waals surface area contributed by atoms with E-state index in [9.17, 15) is 9.59 Å². The molecular weight excluding hydrogens is 310 g/mol. The van der Waals surface area contributed by atoms with Crippen LogP contribution in [0.25, 0.3) is 0 Å². The minimum Gasteiger partial charge on any atom is -0.493 e. The summed E-state index contributed by atoms with van der Waals surface area (Å²) in [5.74, 6) is 0.427. The molecule has 0 atom stereocenters. The van der Waals surface area contributed by atoms with E-state index in [1.165, 1.54) is 6.20 Å². The lowest BCUT2D eigenvalue weighted by molar-refractivity contribution is -0.121. The summed E-state index contributed by atoms with van der Waals surface area (Å²) in [6, 6.07) is 10.4. The summed E-state index contributed by atoms with van der Waals surface area (Å²) in [5.41, 5.74) is 5.77. The average molecular weight is 329 g/mol. The van der Waals surface area contributed by atoms with Gasteiger partial charge in [-0.15, -0.1) is 0 Å². The van der Waals surface area contributed by atoms with Gasteiger partial charge in [-0.25, -0.2) is 0 Å². The van der Waals surface area contributed by atoms with Gasteiger partial charge < -0.3 is 9.47 Å². The number of ether oxygens (including phenoxy) is 2. The molecule has 0 fully saturated rings. The fourth-order valence-corrected chi connectivity index (χ4v) is 2.15. The number of nitrogens with one attached hydrogen (secondary N) is 2. The Kier molecular flexibility index (Phi) is 6.13. The summed E-state index contributed by atoms with van der Waals surface area (Å²) in [5, 5.41) is 0. The van der Waals surface area contributed by atoms with Gasteiger partial charge in [-0.2, -0.15) is 0 Å². The van der Waals surface area contributed by atoms with Crippen LogP contribution in [0, 0.1) is 0 Å². The molecule has 0 aliphatic rings. The van der Waals surface area contributed by atoms with E-state index >= 15 is 0 Å². The molecule has 0 saturated carbocycles. The van der Waals surface area contributed by atoms with Crippen molar-refractivity contribution in [2.75, 3.05) is 14.2 Å². The lowest BCUT2D eigenvalue weighted by atomic mass is 10.1. The first kappa shape index (κ1) is 17.3. The van der Waals surface area contributed by atoms with Crippen molar-refractivity contribution in [1.29, 1.82) is 0 Å². The Bertz CT molecular complexity index is 704. The molecule has 0 aliphatic heterocycles. The molecule has 1 aromatic heterocycles. The number of aromatic nitrogens is 1. The van der Waals surface area contributed by atoms with Crippen LogP contribution < -0.4 is 20.3 Å². The van der Waals surface area contributed by atoms with Gasteiger partial charge in [0.25, 0.3) is 5.91 Å². The number of methoxy groups -OCH3 is 2. The van der Waals surface area contributed by atoms with Gasteiger partial charge in [-0.05, 0) is 30.2 Å². The van der Waals surface area contributed by atoms with E-state index in [1.54, 1.807) is 38.5 Å². The summed E-state index contributed by atoms with van der Waals surface area (Å²) < 4.78 is 10.5. The highest BCUT2D eigenvalue weighted by Gasteiger charge is 2.12. The van der Waals surface area contributed by atoms with Gasteiger partial charge in [0.2, 0.25) is 5.91 Å². The fourth-order valence-electron chi connectivity index (χ4n) is 2.15. The summed E-state index contributed by atoms with van der Waals surface area (Å²) >= 11 is 0. The van der Waals surface area contributed by atoms with Gasteiger partial charge in [0.05, 0.1) is 14.2 Å². The van der Waals surface area contributed by atoms with Crippen LogP contribution in [-0.4, -0.2) is 31.0 Å². The molecule has 2 amide bonds. The van der Waals surface area contributed by atoms with Crippen LogP contribution in [0.1, 0.15) is 22.5 Å². The van der Waals surface area contributed by atoms with E-state index in [0.717, 1.165) is 5.56 Å². The number of amides is 2. The predicted molar refractivity (Wildman–Crippen MR) is 87.7 cm³/mol. The van der Waals surface area contributed by atoms with Crippen molar-refractivity contribution in [1.82, 2.24) is 15.8 Å². The molecule has 0 saturated heterocycles. The second-order valence-corrected chi connectivity index (χ2v) is 4.87. The molecule has 7 heteroatoms. The van der Waals surface area contributed by atoms with Gasteiger partial charge in [0, 0.05) is 12.6 Å². The summed E-state index contributed by atoms with van der Waals surface area (Å²) in [7, 11) is 3.11. The molecule has 7 nitrogen and oxygen atoms in total. The van der Waals surface area contributed by atoms with E-state index in [1.807, 2.05) is 12.1 Å². The molecular formula is C17H19N3O4. The van der Waals surface area contributed by atoms with Crippen LogP contribution in [0.2, 0.25) is 0 Å². The molecule has 2 rings (SSSR count). The fraction of sp³-hybridized carbons (Fsp3) is 0.235. The average Bonchev–Trinajstić information content (AvgIpc) is 2.64. The van der Waals surface area contributed by atoms with Gasteiger partial charge >= 0.3 is 0 Å². The number of pyridine rings is 1. The van der Waals surface area contributed by atoms with Crippen LogP contribution in [-0.2, 0) is 11.2 Å². The Morgan fingerprint density at radius 1 is 1.04 bits per heavy atom. The van der Waals surface area contributed by atoms with Gasteiger partial charge in [0.1, 0.15) is 5.69 Å². The standard InChI is InChI=1S/C17H19N3O4/c1-23-14-8-5-6-12(16(14)24-2)9-10-15(21)19-20-17(22)13-7-3-4-11-18-13/h3-8,11H,9-10H2,1-2H3,(H,19,21)(H,20,22). The van der Waals surface area contributed by atoms with Crippen molar-refractivity contribution >= 4 is 11.8 Å². The van der Waals surface area contributed by atoms with Crippen molar-refractivity contribution in [2.45, 2.75) is 12.8 Å². The lowest BCUT2D eigenvalue weighted by Crippen LogP contribution is -2.42. The number of benzene rings is 1. The maximum atomic E-state index is 11.9. The van der Waals surface area contributed by atoms with Crippen molar-refractivity contribution in [2.24, 2.45) is 0 Å². The maximum Gasteiger partial charge on any atom is 0.288 e. The van der Waals surface area contributed by atoms with Crippen LogP contribution in [0.5, 0.6) is 11.5 Å². The molecule has 24 heavy (non-hydrogen) atoms. The van der Waals surface area contributed by atoms with Gasteiger partial charge in [-0.1, -0.05) is 18.2 Å². The Morgan fingerprint density at radius 3 is 2.54 bits per heavy atom. The van der Waals surface area contributed by atoms with E-state index in [-0.39, 0.29) is 18.0 Å². The van der Waals surface area contributed by atoms with Crippen molar-refractivity contribution < 1.29 is 19.1 Å². The first-order valence-electron chi connectivity index (χ1n) is 7.35. The number of hydrogen-bond donors (Lipinski definition) is 2. The molecule has 1 aromatic carbocycles. The molecule has 2 aromatic rings. The van der Waals surface area contributed by atoms with E-state index in [4.69, 9.17) is 9.47 Å². The molecule has 0 bridgehead atoms. The zero-order chi connectivity index (χ0) is 17.4. The first-order valence-corrected chi connectivity index (χ1v) is 7.35. The predicted octanol–water partition coefficient (Wildman–Crippen LogP) is 1.49. The summed E-state index contributed by atoms with van der Waals surface area (Å²) in [6.45, 7) is 0. The second kappa shape index (κ2) is 8.52. The molecule has 0 spiro atoms. The monoisotopic (exact) mass is 329 g/mol. The van der Waals surface area contributed by atoms with Crippen molar-refractivity contribution in [3.63, 3.8) is 0 Å². The largest absolute Gasteiger partial charge is 0.493 e. The third kappa shape index (κ3) is 4.45. The number of rotatable bonds is 6. The Hall–Kier alpha value is -3.09. The number of aryl methyl sites for hydroxylation is 1. The van der Waals surface area contributed by atoms with Crippen LogP contribution in [0.4, 0.5) is 0 Å². The zero-order valence-electron chi connectivity index (χ0n) is 13.5. The van der Waals surface area contributed by atoms with Crippen molar-refractivity contribution in [3.05, 3.63) is 53.9 Å². The molecule has 0 unspecified atom stereocenters. The van der Waals surface area contributed by atoms with Gasteiger partial charge in [-0.3, -0.25) is 25.4 Å². The summed E-state index contributed by atoms with van der Waals surface area (Å²) in [6.07, 6.45) is 2.14. The third-order valence-electron chi connectivity index (χ3n) is 3.32. The number of hydrogen-bond acceptors (Lipinski definition) is 5. The van der Waals surface area contributed by atoms with E-state index < -0.39 is 5.91 Å². The number of hydrazine groups is 1. The molecule has 0 aliphatic carbocycles. The van der Waals surface area contributed by atoms with Crippen molar-refractivity contribution in [3.8, 4) is 11.5 Å². The van der Waals surface area contributed by atoms with E-state index in [2.05, 4.69) is 15.8 Å². The SMILES string of the molecule is COc1cccc(CCC(=O)NNC(=O)c2ccccn2)c1OC. The highest BCUT2D eigenvalue weighted by Crippen LogP contribution is 2.31. The molecule has 1 heterocycles. The number of carbonyl (C=O) groups excluding carboxylic acids is 2. The third-order valence-corrected chi connectivity index (χ3v) is 3.32. The second-order valence-electron chi connectivity index (χ2n) is 4.87. The summed E-state index contributed by atoms with van der Waals surface area (Å²) in [4.78, 5) is 27.6. The lowest BCUT2D eigenvalue weighted by Gasteiger charge is -2.12. The molecule has 126 valence electrons. The van der Waals surface area contributed by atoms with Crippen LogP contribution in [0.15, 0.2) is 42.6 Å². The maximum absolute atomic E-state index is 11.9. The highest BCUT2D eigenvalue weighted by atomic mass is 16.5. The minimum absolute atomic E-state index is 0.187. The quantitative estimate of drug-likeness (QED) is 0.784. The van der Waals surface area contributed by atoms with E-state index in [0.29, 0.717) is 17.9 Å². The zero-order valence-corrected chi connectivity index (χ0v) is 13.5. The Morgan fingerprint density at radius 2 is 1.88 bits per heavy atom. The Labute approximate surface area is 140 Å². The van der Waals surface area contributed by atoms with Crippen LogP contribution >= 0.6 is 0 Å². The smallest absolute Gasteiger partial charge is 0.288 e. The first-order chi connectivity index (χ1) is 11.7. The number of para-hydroxylation sites is 1. The number of carbonyl (C=O) groups is 2. The highest BCUT2D eigenvalue weighted by molar-refractivity contribution is 5.93. The topological polar surface area (TPSA) is 89.6 Å². The molecule has 2 N–H and O–H groups in total. The number of nitrogens with zero attached hydrogens (tertiary/aromatic N) is 1. The van der Waals surface area contributed by atoms with Gasteiger partial charge in [0.15, 0.2) is 11.5 Å². The van der Waals surface area contributed by atoms with Crippen LogP contribution in [0.3, 0.4) is 0 Å². The minimum atomic E-state index is -0.470.